The molecule has 0 aliphatic carbocycles. The number of carbonyl (C=O) groups is 1. The van der Waals surface area contributed by atoms with Crippen molar-refractivity contribution < 1.29 is 19.0 Å². The molecule has 4 N–H and O–H groups in total. The van der Waals surface area contributed by atoms with E-state index in [0.717, 1.165) is 0 Å². The highest BCUT2D eigenvalue weighted by Crippen LogP contribution is 2.27. The molecule has 0 spiro atoms. The largest absolute Gasteiger partial charge is 0.497 e. The molecule has 0 aliphatic heterocycles. The molecule has 0 saturated heterocycles. The molecule has 0 amide bonds. The summed E-state index contributed by atoms with van der Waals surface area (Å²) in [5.74, 6) is -0.303. The van der Waals surface area contributed by atoms with Crippen molar-refractivity contribution in [3.8, 4) is 5.75 Å². The Morgan fingerprint density at radius 2 is 1.82 bits per heavy atom. The second-order valence-electron chi connectivity index (χ2n) is 7.20. The Morgan fingerprint density at radius 3 is 2.48 bits per heavy atom. The molecule has 3 rings (SSSR count). The second kappa shape index (κ2) is 11.6. The monoisotopic (exact) mass is 447 g/mol. The molecule has 33 heavy (non-hydrogen) atoms. The number of Topliss-reactive ketones (excluding diaryl/α,β-unsaturated/α-hetero) is 1. The Kier molecular flexibility index (Phi) is 8.32. The number of halogens is 1. The summed E-state index contributed by atoms with van der Waals surface area (Å²) in [5.41, 5.74) is 1.98. The van der Waals surface area contributed by atoms with Crippen LogP contribution in [0.3, 0.4) is 0 Å². The standard InChI is InChI=1S/C26H26FN3O3/c1-33-22-9-5-8-21(16-22)30-25(19-10-12-20(27)13-11-19)26(32)24(28)23(17-29-14-15-31)18-6-3-2-4-7-18/h2-13,16-17,25,28-31H,14-15H2,1H3/b23-17-,28-24?. The van der Waals surface area contributed by atoms with Gasteiger partial charge in [0.15, 0.2) is 0 Å². The van der Waals surface area contributed by atoms with Gasteiger partial charge >= 0.3 is 0 Å². The van der Waals surface area contributed by atoms with Crippen LogP contribution in [0.1, 0.15) is 17.2 Å². The van der Waals surface area contributed by atoms with Gasteiger partial charge in [0.05, 0.1) is 13.7 Å². The van der Waals surface area contributed by atoms with Crippen LogP contribution in [0.5, 0.6) is 5.75 Å². The van der Waals surface area contributed by atoms with Crippen molar-refractivity contribution in [2.45, 2.75) is 6.04 Å². The Morgan fingerprint density at radius 1 is 1.09 bits per heavy atom. The molecule has 0 radical (unpaired) electrons. The van der Waals surface area contributed by atoms with Crippen molar-refractivity contribution in [2.24, 2.45) is 0 Å². The minimum atomic E-state index is -0.935. The molecule has 0 aromatic heterocycles. The summed E-state index contributed by atoms with van der Waals surface area (Å²) in [4.78, 5) is 13.6. The predicted molar refractivity (Wildman–Crippen MR) is 128 cm³/mol. The normalized spacial score (nSPS) is 12.0. The number of hydrogen-bond donors (Lipinski definition) is 4. The van der Waals surface area contributed by atoms with Gasteiger partial charge in [0.25, 0.3) is 0 Å². The van der Waals surface area contributed by atoms with Gasteiger partial charge in [0, 0.05) is 30.1 Å². The zero-order valence-corrected chi connectivity index (χ0v) is 18.2. The fourth-order valence-electron chi connectivity index (χ4n) is 3.27. The van der Waals surface area contributed by atoms with Crippen LogP contribution < -0.4 is 15.4 Å². The SMILES string of the molecule is COc1cccc(NC(C(=O)C(=N)/C(=C\NCCO)c2ccccc2)c2ccc(F)cc2)c1. The summed E-state index contributed by atoms with van der Waals surface area (Å²) in [5, 5.41) is 23.9. The van der Waals surface area contributed by atoms with E-state index in [0.29, 0.717) is 28.1 Å². The quantitative estimate of drug-likeness (QED) is 0.261. The number of aliphatic hydroxyl groups excluding tert-OH is 1. The molecule has 6 nitrogen and oxygen atoms in total. The van der Waals surface area contributed by atoms with Crippen LogP contribution in [0.4, 0.5) is 10.1 Å². The summed E-state index contributed by atoms with van der Waals surface area (Å²) in [6.45, 7) is 0.191. The van der Waals surface area contributed by atoms with E-state index in [-0.39, 0.29) is 18.9 Å². The fourth-order valence-corrected chi connectivity index (χ4v) is 3.27. The lowest BCUT2D eigenvalue weighted by Gasteiger charge is -2.21. The number of ether oxygens (including phenoxy) is 1. The van der Waals surface area contributed by atoms with E-state index in [1.807, 2.05) is 18.2 Å². The Balaban J connectivity index is 1.98. The van der Waals surface area contributed by atoms with E-state index in [1.54, 1.807) is 49.7 Å². The van der Waals surface area contributed by atoms with E-state index in [1.165, 1.54) is 24.3 Å². The van der Waals surface area contributed by atoms with E-state index >= 15 is 0 Å². The van der Waals surface area contributed by atoms with Crippen molar-refractivity contribution in [1.82, 2.24) is 5.32 Å². The van der Waals surface area contributed by atoms with Gasteiger partial charge in [-0.25, -0.2) is 4.39 Å². The maximum absolute atomic E-state index is 13.6. The van der Waals surface area contributed by atoms with Crippen LogP contribution in [0.15, 0.2) is 85.1 Å². The molecule has 0 heterocycles. The highest BCUT2D eigenvalue weighted by atomic mass is 19.1. The average Bonchev–Trinajstić information content (AvgIpc) is 2.86. The maximum Gasteiger partial charge on any atom is 0.207 e. The fraction of sp³-hybridized carbons (Fsp3) is 0.154. The molecule has 170 valence electrons. The molecular weight excluding hydrogens is 421 g/mol. The molecule has 1 atom stereocenters. The van der Waals surface area contributed by atoms with Gasteiger partial charge in [-0.05, 0) is 35.4 Å². The Bertz CT molecular complexity index is 1120. The highest BCUT2D eigenvalue weighted by Gasteiger charge is 2.27. The highest BCUT2D eigenvalue weighted by molar-refractivity contribution is 6.56. The van der Waals surface area contributed by atoms with Crippen LogP contribution in [-0.2, 0) is 4.79 Å². The molecule has 0 aliphatic rings. The van der Waals surface area contributed by atoms with Crippen LogP contribution in [-0.4, -0.2) is 36.9 Å². The molecule has 0 bridgehead atoms. The third-order valence-electron chi connectivity index (χ3n) is 4.95. The number of methoxy groups -OCH3 is 1. The first-order valence-corrected chi connectivity index (χ1v) is 10.4. The van der Waals surface area contributed by atoms with E-state index in [9.17, 15) is 9.18 Å². The lowest BCUT2D eigenvalue weighted by Crippen LogP contribution is -2.29. The van der Waals surface area contributed by atoms with Crippen molar-refractivity contribution in [2.75, 3.05) is 25.6 Å². The van der Waals surface area contributed by atoms with E-state index < -0.39 is 17.6 Å². The van der Waals surface area contributed by atoms with Crippen molar-refractivity contribution >= 4 is 22.8 Å². The zero-order valence-electron chi connectivity index (χ0n) is 18.2. The van der Waals surface area contributed by atoms with Crippen molar-refractivity contribution in [1.29, 1.82) is 5.41 Å². The minimum absolute atomic E-state index is 0.0878. The van der Waals surface area contributed by atoms with Crippen LogP contribution in [0.25, 0.3) is 5.57 Å². The molecule has 3 aromatic rings. The molecular formula is C26H26FN3O3. The first-order chi connectivity index (χ1) is 16.0. The number of rotatable bonds is 11. The number of anilines is 1. The number of nitrogens with one attached hydrogen (secondary N) is 3. The zero-order chi connectivity index (χ0) is 23.6. The van der Waals surface area contributed by atoms with Gasteiger partial charge in [-0.1, -0.05) is 48.5 Å². The summed E-state index contributed by atoms with van der Waals surface area (Å²) in [6.07, 6.45) is 1.55. The van der Waals surface area contributed by atoms with Crippen LogP contribution in [0, 0.1) is 11.2 Å². The Hall–Kier alpha value is -3.97. The number of carbonyl (C=O) groups excluding carboxylic acids is 1. The van der Waals surface area contributed by atoms with Gasteiger partial charge in [-0.15, -0.1) is 0 Å². The molecule has 3 aromatic carbocycles. The number of ketones is 1. The summed E-state index contributed by atoms with van der Waals surface area (Å²) >= 11 is 0. The molecule has 0 saturated carbocycles. The number of hydrogen-bond acceptors (Lipinski definition) is 6. The van der Waals surface area contributed by atoms with Crippen molar-refractivity contribution in [3.63, 3.8) is 0 Å². The lowest BCUT2D eigenvalue weighted by atomic mass is 9.92. The first kappa shape index (κ1) is 23.7. The number of benzene rings is 3. The molecule has 7 heteroatoms. The van der Waals surface area contributed by atoms with Gasteiger partial charge < -0.3 is 20.5 Å². The van der Waals surface area contributed by atoms with Crippen molar-refractivity contribution in [3.05, 3.63) is 102 Å². The van der Waals surface area contributed by atoms with Gasteiger partial charge in [0.2, 0.25) is 5.78 Å². The predicted octanol–water partition coefficient (Wildman–Crippen LogP) is 4.20. The number of aliphatic hydroxyl groups is 1. The first-order valence-electron chi connectivity index (χ1n) is 10.4. The minimum Gasteiger partial charge on any atom is -0.497 e. The summed E-state index contributed by atoms with van der Waals surface area (Å²) in [7, 11) is 1.55. The molecule has 0 fully saturated rings. The van der Waals surface area contributed by atoms with Crippen LogP contribution >= 0.6 is 0 Å². The smallest absolute Gasteiger partial charge is 0.207 e. The lowest BCUT2D eigenvalue weighted by molar-refractivity contribution is -0.113. The summed E-state index contributed by atoms with van der Waals surface area (Å²) in [6, 6.07) is 20.9. The van der Waals surface area contributed by atoms with Gasteiger partial charge in [-0.2, -0.15) is 0 Å². The van der Waals surface area contributed by atoms with Crippen LogP contribution in [0.2, 0.25) is 0 Å². The number of allylic oxidation sites excluding steroid dienone is 1. The van der Waals surface area contributed by atoms with E-state index in [4.69, 9.17) is 15.3 Å². The maximum atomic E-state index is 13.6. The average molecular weight is 448 g/mol. The third kappa shape index (κ3) is 6.27. The summed E-state index contributed by atoms with van der Waals surface area (Å²) < 4.78 is 18.8. The van der Waals surface area contributed by atoms with Gasteiger partial charge in [0.1, 0.15) is 23.3 Å². The Labute approximate surface area is 192 Å². The molecule has 1 unspecified atom stereocenters. The third-order valence-corrected chi connectivity index (χ3v) is 4.95. The van der Waals surface area contributed by atoms with E-state index in [2.05, 4.69) is 10.6 Å². The second-order valence-corrected chi connectivity index (χ2v) is 7.20. The topological polar surface area (TPSA) is 94.4 Å². The van der Waals surface area contributed by atoms with Gasteiger partial charge in [-0.3, -0.25) is 10.2 Å².